The van der Waals surface area contributed by atoms with E-state index in [1.54, 1.807) is 24.3 Å². The summed E-state index contributed by atoms with van der Waals surface area (Å²) in [5, 5.41) is 9.45. The van der Waals surface area contributed by atoms with Gasteiger partial charge in [0.1, 0.15) is 10.5 Å². The number of fused-ring (bicyclic) bond motifs is 1. The second-order valence-electron chi connectivity index (χ2n) is 6.19. The van der Waals surface area contributed by atoms with Gasteiger partial charge in [-0.1, -0.05) is 23.7 Å². The normalized spacial score (nSPS) is 12.0. The summed E-state index contributed by atoms with van der Waals surface area (Å²) >= 11 is 5.89. The topological polar surface area (TPSA) is 114 Å². The van der Waals surface area contributed by atoms with Crippen LogP contribution >= 0.6 is 11.6 Å². The van der Waals surface area contributed by atoms with E-state index in [0.29, 0.717) is 5.02 Å². The number of aromatic nitrogens is 3. The average Bonchev–Trinajstić information content (AvgIpc) is 2.95. The number of nitrogens with zero attached hydrogens (tertiary/aromatic N) is 2. The van der Waals surface area contributed by atoms with Gasteiger partial charge < -0.3 is 14.7 Å². The van der Waals surface area contributed by atoms with Crippen LogP contribution in [0.25, 0.3) is 11.0 Å². The zero-order chi connectivity index (χ0) is 19.8. The molecule has 0 unspecified atom stereocenters. The number of aliphatic hydroxyl groups is 1. The molecule has 0 atom stereocenters. The third kappa shape index (κ3) is 3.85. The third-order valence-electron chi connectivity index (χ3n) is 4.17. The summed E-state index contributed by atoms with van der Waals surface area (Å²) in [6.07, 6.45) is 1.27. The molecular formula is C17H18ClN3O5S. The number of aromatic amines is 1. The van der Waals surface area contributed by atoms with E-state index in [-0.39, 0.29) is 42.2 Å². The van der Waals surface area contributed by atoms with Crippen molar-refractivity contribution in [3.05, 3.63) is 61.8 Å². The van der Waals surface area contributed by atoms with Crippen LogP contribution in [0.1, 0.15) is 12.0 Å². The highest BCUT2D eigenvalue weighted by molar-refractivity contribution is 7.90. The Morgan fingerprint density at radius 1 is 1.15 bits per heavy atom. The fourth-order valence-corrected chi connectivity index (χ4v) is 3.94. The first-order valence-electron chi connectivity index (χ1n) is 8.14. The standard InChI is InChI=1S/C17H18ClN3O5S/c1-27(25,26)14-9-13-15(16(23)20(7-2-8-22)17(24)19-13)21(14)10-11-3-5-12(18)6-4-11/h3-6,9,22H,2,7-8,10H2,1H3,(H,19,24). The van der Waals surface area contributed by atoms with Gasteiger partial charge in [0.2, 0.25) is 0 Å². The minimum Gasteiger partial charge on any atom is -0.396 e. The van der Waals surface area contributed by atoms with Gasteiger partial charge in [0, 0.05) is 31.0 Å². The van der Waals surface area contributed by atoms with E-state index in [4.69, 9.17) is 16.7 Å². The summed E-state index contributed by atoms with van der Waals surface area (Å²) < 4.78 is 26.8. The molecule has 0 saturated carbocycles. The summed E-state index contributed by atoms with van der Waals surface area (Å²) in [6, 6.07) is 8.10. The lowest BCUT2D eigenvalue weighted by Gasteiger charge is -2.10. The molecule has 0 saturated heterocycles. The molecule has 0 aliphatic heterocycles. The van der Waals surface area contributed by atoms with Gasteiger partial charge in [-0.25, -0.2) is 13.2 Å². The van der Waals surface area contributed by atoms with Gasteiger partial charge >= 0.3 is 5.69 Å². The van der Waals surface area contributed by atoms with Crippen molar-refractivity contribution >= 4 is 32.5 Å². The SMILES string of the molecule is CS(=O)(=O)c1cc2[nH]c(=O)n(CCCO)c(=O)c2n1Cc1ccc(Cl)cc1. The first-order valence-corrected chi connectivity index (χ1v) is 10.4. The maximum atomic E-state index is 12.9. The van der Waals surface area contributed by atoms with Crippen molar-refractivity contribution < 1.29 is 13.5 Å². The molecule has 27 heavy (non-hydrogen) atoms. The highest BCUT2D eigenvalue weighted by Gasteiger charge is 2.22. The molecule has 2 N–H and O–H groups in total. The van der Waals surface area contributed by atoms with Gasteiger partial charge in [-0.3, -0.25) is 9.36 Å². The Morgan fingerprint density at radius 2 is 1.81 bits per heavy atom. The summed E-state index contributed by atoms with van der Waals surface area (Å²) in [7, 11) is -3.66. The number of sulfone groups is 1. The van der Waals surface area contributed by atoms with Crippen molar-refractivity contribution in [1.29, 1.82) is 0 Å². The second-order valence-corrected chi connectivity index (χ2v) is 8.59. The molecular weight excluding hydrogens is 394 g/mol. The Labute approximate surface area is 159 Å². The maximum absolute atomic E-state index is 12.9. The molecule has 0 spiro atoms. The van der Waals surface area contributed by atoms with Crippen LogP contribution in [0.15, 0.2) is 44.9 Å². The van der Waals surface area contributed by atoms with Crippen LogP contribution in [0, 0.1) is 0 Å². The lowest BCUT2D eigenvalue weighted by Crippen LogP contribution is -2.36. The fourth-order valence-electron chi connectivity index (χ4n) is 2.92. The lowest BCUT2D eigenvalue weighted by molar-refractivity contribution is 0.278. The molecule has 3 rings (SSSR count). The third-order valence-corrected chi connectivity index (χ3v) is 5.52. The largest absolute Gasteiger partial charge is 0.396 e. The predicted molar refractivity (Wildman–Crippen MR) is 102 cm³/mol. The summed E-state index contributed by atoms with van der Waals surface area (Å²) in [6.45, 7) is -0.0322. The Balaban J connectivity index is 2.28. The van der Waals surface area contributed by atoms with E-state index < -0.39 is 21.1 Å². The van der Waals surface area contributed by atoms with Gasteiger partial charge in [-0.05, 0) is 30.2 Å². The minimum absolute atomic E-state index is 0.0287. The van der Waals surface area contributed by atoms with Gasteiger partial charge in [-0.2, -0.15) is 0 Å². The lowest BCUT2D eigenvalue weighted by atomic mass is 10.2. The minimum atomic E-state index is -3.66. The van der Waals surface area contributed by atoms with Gasteiger partial charge in [0.05, 0.1) is 5.52 Å². The molecule has 0 aliphatic carbocycles. The van der Waals surface area contributed by atoms with E-state index >= 15 is 0 Å². The van der Waals surface area contributed by atoms with Crippen LogP contribution in [-0.2, 0) is 22.9 Å². The maximum Gasteiger partial charge on any atom is 0.328 e. The smallest absolute Gasteiger partial charge is 0.328 e. The zero-order valence-corrected chi connectivity index (χ0v) is 16.0. The van der Waals surface area contributed by atoms with Crippen molar-refractivity contribution in [1.82, 2.24) is 14.1 Å². The molecule has 8 nitrogen and oxygen atoms in total. The molecule has 0 aliphatic rings. The molecule has 3 aromatic rings. The van der Waals surface area contributed by atoms with Crippen molar-refractivity contribution in [2.75, 3.05) is 12.9 Å². The number of rotatable bonds is 6. The fraction of sp³-hybridized carbons (Fsp3) is 0.294. The van der Waals surface area contributed by atoms with E-state index in [1.807, 2.05) is 0 Å². The monoisotopic (exact) mass is 411 g/mol. The van der Waals surface area contributed by atoms with E-state index in [2.05, 4.69) is 4.98 Å². The number of H-pyrrole nitrogens is 1. The second kappa shape index (κ2) is 7.34. The van der Waals surface area contributed by atoms with Crippen LogP contribution in [-0.4, -0.2) is 40.5 Å². The molecule has 0 fully saturated rings. The number of hydrogen-bond acceptors (Lipinski definition) is 5. The van der Waals surface area contributed by atoms with E-state index in [0.717, 1.165) is 16.4 Å². The van der Waals surface area contributed by atoms with E-state index in [1.165, 1.54) is 10.6 Å². The van der Waals surface area contributed by atoms with Crippen molar-refractivity contribution in [3.63, 3.8) is 0 Å². The molecule has 0 radical (unpaired) electrons. The number of benzene rings is 1. The highest BCUT2D eigenvalue weighted by Crippen LogP contribution is 2.21. The molecule has 0 bridgehead atoms. The van der Waals surface area contributed by atoms with Crippen LogP contribution in [0.4, 0.5) is 0 Å². The Hall–Kier alpha value is -2.36. The number of hydrogen-bond donors (Lipinski definition) is 2. The Bertz CT molecular complexity index is 1210. The first kappa shape index (κ1) is 19.4. The highest BCUT2D eigenvalue weighted by atomic mass is 35.5. The summed E-state index contributed by atoms with van der Waals surface area (Å²) in [4.78, 5) is 27.6. The molecule has 10 heteroatoms. The molecule has 0 amide bonds. The molecule has 1 aromatic carbocycles. The summed E-state index contributed by atoms with van der Waals surface area (Å²) in [5.74, 6) is 0. The number of aliphatic hydroxyl groups excluding tert-OH is 1. The average molecular weight is 412 g/mol. The van der Waals surface area contributed by atoms with Crippen molar-refractivity contribution in [3.8, 4) is 0 Å². The van der Waals surface area contributed by atoms with Crippen LogP contribution in [0.5, 0.6) is 0 Å². The quantitative estimate of drug-likeness (QED) is 0.627. The molecule has 2 heterocycles. The van der Waals surface area contributed by atoms with Gasteiger partial charge in [0.25, 0.3) is 5.56 Å². The van der Waals surface area contributed by atoms with Crippen LogP contribution < -0.4 is 11.2 Å². The Kier molecular flexibility index (Phi) is 5.27. The Morgan fingerprint density at radius 3 is 2.41 bits per heavy atom. The van der Waals surface area contributed by atoms with E-state index in [9.17, 15) is 18.0 Å². The van der Waals surface area contributed by atoms with Gasteiger partial charge in [0.15, 0.2) is 9.84 Å². The molecule has 144 valence electrons. The summed E-state index contributed by atoms with van der Waals surface area (Å²) in [5.41, 5.74) is -0.271. The first-order chi connectivity index (χ1) is 12.7. The number of nitrogens with one attached hydrogen (secondary N) is 1. The molecule has 2 aromatic heterocycles. The number of halogens is 1. The van der Waals surface area contributed by atoms with Crippen LogP contribution in [0.3, 0.4) is 0 Å². The van der Waals surface area contributed by atoms with Crippen LogP contribution in [0.2, 0.25) is 5.02 Å². The van der Waals surface area contributed by atoms with Gasteiger partial charge in [-0.15, -0.1) is 0 Å². The zero-order valence-electron chi connectivity index (χ0n) is 14.5. The predicted octanol–water partition coefficient (Wildman–Crippen LogP) is 0.979. The van der Waals surface area contributed by atoms with Crippen molar-refractivity contribution in [2.24, 2.45) is 0 Å². The van der Waals surface area contributed by atoms with Crippen molar-refractivity contribution in [2.45, 2.75) is 24.5 Å².